The number of halogens is 1. The lowest BCUT2D eigenvalue weighted by Crippen LogP contribution is -2.35. The van der Waals surface area contributed by atoms with Crippen molar-refractivity contribution in [1.29, 1.82) is 5.26 Å². The number of nitriles is 1. The summed E-state index contributed by atoms with van der Waals surface area (Å²) in [5.74, 6) is 0.920. The van der Waals surface area contributed by atoms with E-state index in [1.54, 1.807) is 12.3 Å². The standard InChI is InChI=1S/C18H26FNO.C10H9N5S.2C2H6/c1-4-15(9-5-12(2)3)20-18(21)16-10-8-14(11-17(16)19)13-6-7-13;1-6-3-9(16-15-6)14-10-8(4-11)12-5-7(2)13-10;2*1-2/h8,10-13,15H,4-7,9H2,1-3H3,(H,20,21);3,5H,1-2H3,(H,13,14);2*1-2H3. The maximum atomic E-state index is 14.1. The minimum Gasteiger partial charge on any atom is -0.349 e. The zero-order chi connectivity index (χ0) is 30.9. The highest BCUT2D eigenvalue weighted by molar-refractivity contribution is 7.10. The van der Waals surface area contributed by atoms with Crippen molar-refractivity contribution in [2.45, 2.75) is 106 Å². The fourth-order valence-corrected chi connectivity index (χ4v) is 4.41. The van der Waals surface area contributed by atoms with Gasteiger partial charge in [-0.05, 0) is 93.1 Å². The maximum absolute atomic E-state index is 14.1. The molecule has 1 aliphatic rings. The van der Waals surface area contributed by atoms with Crippen LogP contribution < -0.4 is 10.6 Å². The molecule has 1 unspecified atom stereocenters. The predicted molar refractivity (Wildman–Crippen MR) is 168 cm³/mol. The van der Waals surface area contributed by atoms with Crippen LogP contribution in [0.1, 0.15) is 119 Å². The summed E-state index contributed by atoms with van der Waals surface area (Å²) in [6.07, 6.45) is 6.74. The number of amides is 1. The molecule has 1 aromatic carbocycles. The normalized spacial score (nSPS) is 12.3. The van der Waals surface area contributed by atoms with Gasteiger partial charge in [-0.2, -0.15) is 9.64 Å². The van der Waals surface area contributed by atoms with Crippen LogP contribution in [-0.2, 0) is 0 Å². The third kappa shape index (κ3) is 12.3. The van der Waals surface area contributed by atoms with Gasteiger partial charge in [0.2, 0.25) is 0 Å². The Balaban J connectivity index is 0.000000375. The maximum Gasteiger partial charge on any atom is 0.254 e. The van der Waals surface area contributed by atoms with Crippen molar-refractivity contribution in [1.82, 2.24) is 19.7 Å². The number of rotatable bonds is 9. The van der Waals surface area contributed by atoms with Gasteiger partial charge in [-0.1, -0.05) is 54.5 Å². The van der Waals surface area contributed by atoms with Crippen LogP contribution in [0.25, 0.3) is 0 Å². The van der Waals surface area contributed by atoms with Gasteiger partial charge in [-0.3, -0.25) is 4.79 Å². The van der Waals surface area contributed by atoms with Crippen LogP contribution in [0.3, 0.4) is 0 Å². The van der Waals surface area contributed by atoms with Crippen LogP contribution in [0.15, 0.2) is 30.5 Å². The lowest BCUT2D eigenvalue weighted by atomic mass is 10.0. The first kappa shape index (κ1) is 35.6. The smallest absolute Gasteiger partial charge is 0.254 e. The number of benzene rings is 1. The molecule has 3 aromatic rings. The van der Waals surface area contributed by atoms with E-state index in [2.05, 4.69) is 45.7 Å². The molecule has 2 aromatic heterocycles. The summed E-state index contributed by atoms with van der Waals surface area (Å²) in [6, 6.07) is 9.08. The molecule has 4 rings (SSSR count). The fraction of sp³-hybridized carbons (Fsp3) is 0.531. The molecular formula is C32H47FN6OS. The van der Waals surface area contributed by atoms with Crippen LogP contribution in [0, 0.1) is 36.9 Å². The van der Waals surface area contributed by atoms with E-state index in [0.29, 0.717) is 17.7 Å². The average molecular weight is 583 g/mol. The molecule has 2 heterocycles. The Labute approximate surface area is 250 Å². The first-order chi connectivity index (χ1) is 19.7. The van der Waals surface area contributed by atoms with E-state index in [0.717, 1.165) is 54.1 Å². The number of nitrogens with one attached hydrogen (secondary N) is 2. The lowest BCUT2D eigenvalue weighted by molar-refractivity contribution is 0.0928. The van der Waals surface area contributed by atoms with E-state index < -0.39 is 5.82 Å². The highest BCUT2D eigenvalue weighted by Crippen LogP contribution is 2.40. The van der Waals surface area contributed by atoms with Gasteiger partial charge in [-0.15, -0.1) is 0 Å². The van der Waals surface area contributed by atoms with Gasteiger partial charge in [0.25, 0.3) is 5.91 Å². The number of aromatic nitrogens is 3. The molecule has 1 saturated carbocycles. The molecular weight excluding hydrogens is 535 g/mol. The molecule has 9 heteroatoms. The number of anilines is 2. The first-order valence-electron chi connectivity index (χ1n) is 14.7. The van der Waals surface area contributed by atoms with Gasteiger partial charge < -0.3 is 10.6 Å². The predicted octanol–water partition coefficient (Wildman–Crippen LogP) is 8.87. The Hall–Kier alpha value is -3.38. The van der Waals surface area contributed by atoms with Gasteiger partial charge in [0, 0.05) is 12.2 Å². The second kappa shape index (κ2) is 18.9. The van der Waals surface area contributed by atoms with Crippen molar-refractivity contribution in [2.75, 3.05) is 5.32 Å². The summed E-state index contributed by atoms with van der Waals surface area (Å²) in [5, 5.41) is 15.8. The Morgan fingerprint density at radius 3 is 2.32 bits per heavy atom. The number of hydrogen-bond donors (Lipinski definition) is 2. The van der Waals surface area contributed by atoms with E-state index in [4.69, 9.17) is 5.26 Å². The molecule has 7 nitrogen and oxygen atoms in total. The highest BCUT2D eigenvalue weighted by Gasteiger charge is 2.25. The summed E-state index contributed by atoms with van der Waals surface area (Å²) >= 11 is 1.33. The van der Waals surface area contributed by atoms with Gasteiger partial charge in [0.15, 0.2) is 11.5 Å². The minimum absolute atomic E-state index is 0.127. The summed E-state index contributed by atoms with van der Waals surface area (Å²) < 4.78 is 18.2. The third-order valence-corrected chi connectivity index (χ3v) is 6.87. The zero-order valence-corrected chi connectivity index (χ0v) is 27.0. The molecule has 0 spiro atoms. The van der Waals surface area contributed by atoms with Gasteiger partial charge in [-0.25, -0.2) is 14.4 Å². The van der Waals surface area contributed by atoms with Crippen LogP contribution in [0.5, 0.6) is 0 Å². The number of aryl methyl sites for hydroxylation is 2. The monoisotopic (exact) mass is 582 g/mol. The summed E-state index contributed by atoms with van der Waals surface area (Å²) in [7, 11) is 0. The van der Waals surface area contributed by atoms with Crippen LogP contribution in [0.2, 0.25) is 0 Å². The second-order valence-corrected chi connectivity index (χ2v) is 10.6. The van der Waals surface area contributed by atoms with Crippen molar-refractivity contribution in [3.8, 4) is 6.07 Å². The Kier molecular flexibility index (Phi) is 16.4. The average Bonchev–Trinajstić information content (AvgIpc) is 3.75. The van der Waals surface area contributed by atoms with Crippen LogP contribution in [-0.4, -0.2) is 26.3 Å². The van der Waals surface area contributed by atoms with E-state index in [1.807, 2.05) is 59.7 Å². The minimum atomic E-state index is -0.393. The Bertz CT molecular complexity index is 1250. The topological polar surface area (TPSA) is 104 Å². The number of nitrogens with zero attached hydrogens (tertiary/aromatic N) is 4. The quantitative estimate of drug-likeness (QED) is 0.261. The van der Waals surface area contributed by atoms with Crippen molar-refractivity contribution in [3.05, 3.63) is 64.5 Å². The third-order valence-electron chi connectivity index (χ3n) is 6.08. The zero-order valence-electron chi connectivity index (χ0n) is 26.1. The SMILES string of the molecule is CC.CC.CCC(CCC(C)C)NC(=O)c1ccc(C2CC2)cc1F.Cc1cc(Nc2nc(C)cnc2C#N)sn1. The molecule has 224 valence electrons. The number of carbonyl (C=O) groups is 1. The molecule has 1 fully saturated rings. The van der Waals surface area contributed by atoms with E-state index in [-0.39, 0.29) is 23.2 Å². The molecule has 0 bridgehead atoms. The fourth-order valence-electron chi connectivity index (χ4n) is 3.75. The van der Waals surface area contributed by atoms with Gasteiger partial charge >= 0.3 is 0 Å². The molecule has 1 atom stereocenters. The van der Waals surface area contributed by atoms with Gasteiger partial charge in [0.05, 0.1) is 17.0 Å². The van der Waals surface area contributed by atoms with Crippen molar-refractivity contribution in [3.63, 3.8) is 0 Å². The summed E-state index contributed by atoms with van der Waals surface area (Å²) in [6.45, 7) is 18.1. The van der Waals surface area contributed by atoms with E-state index in [9.17, 15) is 9.18 Å². The summed E-state index contributed by atoms with van der Waals surface area (Å²) in [5.41, 5.74) is 3.18. The van der Waals surface area contributed by atoms with Crippen molar-refractivity contribution >= 4 is 28.3 Å². The van der Waals surface area contributed by atoms with Crippen LogP contribution in [0.4, 0.5) is 15.2 Å². The Morgan fingerprint density at radius 1 is 1.12 bits per heavy atom. The number of carbonyl (C=O) groups excluding carboxylic acids is 1. The molecule has 1 amide bonds. The second-order valence-electron chi connectivity index (χ2n) is 9.84. The number of hydrogen-bond acceptors (Lipinski definition) is 7. The van der Waals surface area contributed by atoms with Gasteiger partial charge in [0.1, 0.15) is 16.9 Å². The van der Waals surface area contributed by atoms with Crippen molar-refractivity contribution < 1.29 is 9.18 Å². The molecule has 2 N–H and O–H groups in total. The first-order valence-corrected chi connectivity index (χ1v) is 15.5. The largest absolute Gasteiger partial charge is 0.349 e. The van der Waals surface area contributed by atoms with E-state index >= 15 is 0 Å². The molecule has 0 radical (unpaired) electrons. The van der Waals surface area contributed by atoms with Crippen molar-refractivity contribution in [2.24, 2.45) is 5.92 Å². The highest BCUT2D eigenvalue weighted by atomic mass is 32.1. The van der Waals surface area contributed by atoms with E-state index in [1.165, 1.54) is 17.6 Å². The Morgan fingerprint density at radius 2 is 1.80 bits per heavy atom. The molecule has 0 saturated heterocycles. The molecule has 0 aliphatic heterocycles. The van der Waals surface area contributed by atoms with Crippen LogP contribution >= 0.6 is 11.5 Å². The summed E-state index contributed by atoms with van der Waals surface area (Å²) in [4.78, 5) is 20.5. The lowest BCUT2D eigenvalue weighted by Gasteiger charge is -2.18. The molecule has 41 heavy (non-hydrogen) atoms. The molecule has 1 aliphatic carbocycles.